The molecule has 114 valence electrons. The van der Waals surface area contributed by atoms with Crippen molar-refractivity contribution in [1.29, 1.82) is 0 Å². The molecule has 1 rings (SSSR count). The Labute approximate surface area is 127 Å². The molecule has 0 unspecified atom stereocenters. The smallest absolute Gasteiger partial charge is 0.0654 e. The topological polar surface area (TPSA) is 0 Å². The van der Waals surface area contributed by atoms with Crippen molar-refractivity contribution in [3.63, 3.8) is 0 Å². The van der Waals surface area contributed by atoms with Crippen LogP contribution in [0.3, 0.4) is 0 Å². The van der Waals surface area contributed by atoms with Crippen molar-refractivity contribution in [3.05, 3.63) is 30.3 Å². The molecular weight excluding hydrogens is 259 g/mol. The van der Waals surface area contributed by atoms with Gasteiger partial charge in [-0.3, -0.25) is 0 Å². The molecular formula is C19H34P+. The van der Waals surface area contributed by atoms with E-state index in [4.69, 9.17) is 0 Å². The first-order valence-corrected chi connectivity index (χ1v) is 11.2. The Morgan fingerprint density at radius 2 is 1.20 bits per heavy atom. The molecule has 0 saturated heterocycles. The zero-order chi connectivity index (χ0) is 14.7. The molecule has 1 aromatic rings. The fourth-order valence-corrected chi connectivity index (χ4v) is 6.41. The third-order valence-electron chi connectivity index (χ3n) is 4.39. The van der Waals surface area contributed by atoms with Gasteiger partial charge < -0.3 is 0 Å². The highest BCUT2D eigenvalue weighted by atomic mass is 31.2. The Kier molecular flexibility index (Phi) is 9.19. The van der Waals surface area contributed by atoms with Gasteiger partial charge >= 0.3 is 0 Å². The van der Waals surface area contributed by atoms with Crippen LogP contribution in [0.1, 0.15) is 65.2 Å². The first-order valence-electron chi connectivity index (χ1n) is 8.63. The maximum absolute atomic E-state index is 2.60. The van der Waals surface area contributed by atoms with E-state index in [1.54, 1.807) is 5.30 Å². The quantitative estimate of drug-likeness (QED) is 0.340. The van der Waals surface area contributed by atoms with Crippen LogP contribution in [0.2, 0.25) is 0 Å². The van der Waals surface area contributed by atoms with Crippen LogP contribution in [0.4, 0.5) is 0 Å². The molecule has 0 heterocycles. The van der Waals surface area contributed by atoms with Gasteiger partial charge in [0.25, 0.3) is 0 Å². The first kappa shape index (κ1) is 17.7. The standard InChI is InChI=1S/C19H34P/c1-4-6-8-13-17-20(3,18-14-9-7-5-2)19-15-11-10-12-16-19/h10-12,15-16H,4-9,13-14,17-18H2,1-3H3/q+1. The molecule has 0 atom stereocenters. The molecule has 0 radical (unpaired) electrons. The van der Waals surface area contributed by atoms with Gasteiger partial charge in [0, 0.05) is 7.26 Å². The summed E-state index contributed by atoms with van der Waals surface area (Å²) in [5.74, 6) is 0. The summed E-state index contributed by atoms with van der Waals surface area (Å²) in [6, 6.07) is 11.4. The van der Waals surface area contributed by atoms with Crippen molar-refractivity contribution in [1.82, 2.24) is 0 Å². The summed E-state index contributed by atoms with van der Waals surface area (Å²) in [7, 11) is -0.902. The second kappa shape index (κ2) is 10.4. The van der Waals surface area contributed by atoms with Crippen LogP contribution >= 0.6 is 7.26 Å². The molecule has 0 aliphatic carbocycles. The average molecular weight is 293 g/mol. The minimum Gasteiger partial charge on any atom is -0.0654 e. The minimum atomic E-state index is -0.902. The molecule has 0 aliphatic rings. The SMILES string of the molecule is CCCCCC[P+](C)(CCCCCC)c1ccccc1. The summed E-state index contributed by atoms with van der Waals surface area (Å²) in [4.78, 5) is 0. The fourth-order valence-electron chi connectivity index (χ4n) is 2.93. The largest absolute Gasteiger partial charge is 0.0936 e. The Morgan fingerprint density at radius 3 is 1.65 bits per heavy atom. The number of hydrogen-bond donors (Lipinski definition) is 0. The lowest BCUT2D eigenvalue weighted by molar-refractivity contribution is 0.695. The predicted molar refractivity (Wildman–Crippen MR) is 96.9 cm³/mol. The zero-order valence-corrected chi connectivity index (χ0v) is 14.8. The van der Waals surface area contributed by atoms with E-state index in [2.05, 4.69) is 50.8 Å². The van der Waals surface area contributed by atoms with Gasteiger partial charge in [0.15, 0.2) is 0 Å². The molecule has 0 nitrogen and oxygen atoms in total. The minimum absolute atomic E-state index is 0.902. The summed E-state index contributed by atoms with van der Waals surface area (Å²) >= 11 is 0. The van der Waals surface area contributed by atoms with Gasteiger partial charge in [-0.05, 0) is 37.8 Å². The van der Waals surface area contributed by atoms with E-state index in [0.29, 0.717) is 0 Å². The van der Waals surface area contributed by atoms with Crippen LogP contribution in [0.25, 0.3) is 0 Å². The highest BCUT2D eigenvalue weighted by molar-refractivity contribution is 7.82. The zero-order valence-electron chi connectivity index (χ0n) is 13.9. The summed E-state index contributed by atoms with van der Waals surface area (Å²) < 4.78 is 0. The van der Waals surface area contributed by atoms with E-state index < -0.39 is 7.26 Å². The van der Waals surface area contributed by atoms with Crippen molar-refractivity contribution < 1.29 is 0 Å². The van der Waals surface area contributed by atoms with Gasteiger partial charge in [-0.15, -0.1) is 0 Å². The van der Waals surface area contributed by atoms with Crippen molar-refractivity contribution in [2.24, 2.45) is 0 Å². The van der Waals surface area contributed by atoms with Crippen molar-refractivity contribution >= 4 is 12.6 Å². The van der Waals surface area contributed by atoms with Gasteiger partial charge in [-0.25, -0.2) is 0 Å². The Hall–Kier alpha value is -0.350. The molecule has 0 aliphatic heterocycles. The molecule has 0 fully saturated rings. The summed E-state index contributed by atoms with van der Waals surface area (Å²) in [5, 5.41) is 1.66. The van der Waals surface area contributed by atoms with Gasteiger partial charge in [-0.1, -0.05) is 57.7 Å². The molecule has 0 N–H and O–H groups in total. The number of unbranched alkanes of at least 4 members (excludes halogenated alkanes) is 6. The average Bonchev–Trinajstić information content (AvgIpc) is 2.49. The maximum atomic E-state index is 2.60. The molecule has 0 saturated carbocycles. The lowest BCUT2D eigenvalue weighted by Crippen LogP contribution is -2.16. The predicted octanol–water partition coefficient (Wildman–Crippen LogP) is 6.12. The van der Waals surface area contributed by atoms with Crippen LogP contribution < -0.4 is 5.30 Å². The summed E-state index contributed by atoms with van der Waals surface area (Å²) in [6.07, 6.45) is 14.1. The Bertz CT molecular complexity index is 319. The molecule has 1 aromatic carbocycles. The van der Waals surface area contributed by atoms with E-state index in [0.717, 1.165) is 0 Å². The monoisotopic (exact) mass is 293 g/mol. The van der Waals surface area contributed by atoms with E-state index in [1.807, 2.05) is 0 Å². The van der Waals surface area contributed by atoms with Gasteiger partial charge in [-0.2, -0.15) is 0 Å². The second-order valence-corrected chi connectivity index (χ2v) is 10.5. The van der Waals surface area contributed by atoms with Gasteiger partial charge in [0.05, 0.1) is 24.3 Å². The van der Waals surface area contributed by atoms with E-state index in [1.165, 1.54) is 63.7 Å². The van der Waals surface area contributed by atoms with E-state index in [9.17, 15) is 0 Å². The number of hydrogen-bond acceptors (Lipinski definition) is 0. The third kappa shape index (κ3) is 6.40. The maximum Gasteiger partial charge on any atom is 0.0936 e. The molecule has 0 amide bonds. The van der Waals surface area contributed by atoms with Crippen LogP contribution in [0.15, 0.2) is 30.3 Å². The molecule has 0 aromatic heterocycles. The van der Waals surface area contributed by atoms with Gasteiger partial charge in [0.1, 0.15) is 0 Å². The molecule has 1 heteroatoms. The third-order valence-corrected chi connectivity index (χ3v) is 8.54. The first-order chi connectivity index (χ1) is 9.73. The Balaban J connectivity index is 2.57. The van der Waals surface area contributed by atoms with Crippen LogP contribution in [0.5, 0.6) is 0 Å². The fraction of sp³-hybridized carbons (Fsp3) is 0.684. The summed E-state index contributed by atoms with van der Waals surface area (Å²) in [5.41, 5.74) is 0. The van der Waals surface area contributed by atoms with Crippen LogP contribution in [0, 0.1) is 0 Å². The lowest BCUT2D eigenvalue weighted by atomic mass is 10.2. The van der Waals surface area contributed by atoms with Crippen molar-refractivity contribution in [3.8, 4) is 0 Å². The summed E-state index contributed by atoms with van der Waals surface area (Å²) in [6.45, 7) is 7.20. The molecule has 0 bridgehead atoms. The van der Waals surface area contributed by atoms with Crippen LogP contribution in [-0.4, -0.2) is 19.0 Å². The van der Waals surface area contributed by atoms with Crippen molar-refractivity contribution in [2.75, 3.05) is 19.0 Å². The number of rotatable bonds is 11. The highest BCUT2D eigenvalue weighted by Crippen LogP contribution is 2.55. The Morgan fingerprint density at radius 1 is 0.700 bits per heavy atom. The molecule has 20 heavy (non-hydrogen) atoms. The van der Waals surface area contributed by atoms with Gasteiger partial charge in [0.2, 0.25) is 0 Å². The van der Waals surface area contributed by atoms with E-state index in [-0.39, 0.29) is 0 Å². The molecule has 0 spiro atoms. The lowest BCUT2D eigenvalue weighted by Gasteiger charge is -2.23. The van der Waals surface area contributed by atoms with Crippen LogP contribution in [-0.2, 0) is 0 Å². The van der Waals surface area contributed by atoms with E-state index >= 15 is 0 Å². The van der Waals surface area contributed by atoms with Crippen molar-refractivity contribution in [2.45, 2.75) is 65.2 Å². The second-order valence-electron chi connectivity index (χ2n) is 6.30. The number of benzene rings is 1. The highest BCUT2D eigenvalue weighted by Gasteiger charge is 2.32. The normalized spacial score (nSPS) is 11.8.